The van der Waals surface area contributed by atoms with Gasteiger partial charge in [0, 0.05) is 6.07 Å². The number of rotatable bonds is 5. The number of ether oxygens (including phenoxy) is 1. The van der Waals surface area contributed by atoms with E-state index in [0.717, 1.165) is 35.2 Å². The van der Waals surface area contributed by atoms with E-state index in [-0.39, 0.29) is 5.75 Å². The molecule has 0 unspecified atom stereocenters. The van der Waals surface area contributed by atoms with Gasteiger partial charge >= 0.3 is 0 Å². The van der Waals surface area contributed by atoms with Crippen LogP contribution in [0.1, 0.15) is 25.8 Å². The zero-order chi connectivity index (χ0) is 15.5. The van der Waals surface area contributed by atoms with Crippen molar-refractivity contribution < 1.29 is 9.84 Å². The number of phenols is 1. The van der Waals surface area contributed by atoms with Gasteiger partial charge in [0.2, 0.25) is 0 Å². The zero-order valence-electron chi connectivity index (χ0n) is 12.8. The summed E-state index contributed by atoms with van der Waals surface area (Å²) < 4.78 is 5.48. The predicted octanol–water partition coefficient (Wildman–Crippen LogP) is 3.48. The Morgan fingerprint density at radius 2 is 1.86 bits per heavy atom. The summed E-state index contributed by atoms with van der Waals surface area (Å²) >= 11 is 0. The first-order valence-corrected chi connectivity index (χ1v) is 7.53. The fraction of sp³-hybridized carbons (Fsp3) is 0.294. The van der Waals surface area contributed by atoms with Gasteiger partial charge < -0.3 is 9.84 Å². The summed E-state index contributed by atoms with van der Waals surface area (Å²) in [6.07, 6.45) is 2.01. The van der Waals surface area contributed by atoms with Crippen LogP contribution in [0.3, 0.4) is 0 Å². The molecule has 0 bridgehead atoms. The Bertz CT molecular complexity index is 796. The number of benzene rings is 2. The van der Waals surface area contributed by atoms with E-state index >= 15 is 0 Å². The lowest BCUT2D eigenvalue weighted by atomic mass is 10.1. The van der Waals surface area contributed by atoms with Gasteiger partial charge in [-0.05, 0) is 43.2 Å². The standard InChI is InChI=1S/C17H19N3O2/c1-3-5-12-6-9-17(21)16(10-12)20-18-14-8-7-13(22-4-2)11-15(14)19-20/h6-11,21H,3-5H2,1-2H3. The molecule has 0 aliphatic carbocycles. The average molecular weight is 297 g/mol. The van der Waals surface area contributed by atoms with Crippen LogP contribution in [0.2, 0.25) is 0 Å². The second-order valence-electron chi connectivity index (χ2n) is 5.15. The van der Waals surface area contributed by atoms with Gasteiger partial charge in [-0.2, -0.15) is 0 Å². The number of fused-ring (bicyclic) bond motifs is 1. The molecule has 3 aromatic rings. The number of aromatic nitrogens is 3. The van der Waals surface area contributed by atoms with Gasteiger partial charge in [-0.15, -0.1) is 15.0 Å². The maximum absolute atomic E-state index is 10.1. The second-order valence-corrected chi connectivity index (χ2v) is 5.15. The monoisotopic (exact) mass is 297 g/mol. The number of nitrogens with zero attached hydrogens (tertiary/aromatic N) is 3. The molecule has 22 heavy (non-hydrogen) atoms. The third-order valence-electron chi connectivity index (χ3n) is 3.46. The van der Waals surface area contributed by atoms with E-state index < -0.39 is 0 Å². The molecule has 114 valence electrons. The maximum Gasteiger partial charge on any atom is 0.143 e. The summed E-state index contributed by atoms with van der Waals surface area (Å²) in [4.78, 5) is 1.48. The van der Waals surface area contributed by atoms with Crippen LogP contribution in [0.15, 0.2) is 36.4 Å². The molecule has 0 atom stereocenters. The quantitative estimate of drug-likeness (QED) is 0.783. The highest BCUT2D eigenvalue weighted by atomic mass is 16.5. The normalized spacial score (nSPS) is 11.0. The number of hydrogen-bond donors (Lipinski definition) is 1. The summed E-state index contributed by atoms with van der Waals surface area (Å²) in [5, 5.41) is 19.0. The van der Waals surface area contributed by atoms with Crippen LogP contribution in [0.25, 0.3) is 16.7 Å². The summed E-state index contributed by atoms with van der Waals surface area (Å²) in [5.74, 6) is 0.941. The Hall–Kier alpha value is -2.56. The Labute approximate surface area is 129 Å². The number of phenolic OH excluding ortho intramolecular Hbond substituents is 1. The summed E-state index contributed by atoms with van der Waals surface area (Å²) in [7, 11) is 0. The molecule has 0 spiro atoms. The molecular weight excluding hydrogens is 278 g/mol. The number of aryl methyl sites for hydroxylation is 1. The van der Waals surface area contributed by atoms with Crippen LogP contribution in [0, 0.1) is 0 Å². The first-order chi connectivity index (χ1) is 10.7. The van der Waals surface area contributed by atoms with Gasteiger partial charge in [0.25, 0.3) is 0 Å². The van der Waals surface area contributed by atoms with E-state index in [4.69, 9.17) is 4.74 Å². The first-order valence-electron chi connectivity index (χ1n) is 7.53. The third kappa shape index (κ3) is 2.74. The van der Waals surface area contributed by atoms with Gasteiger partial charge in [-0.25, -0.2) is 0 Å². The minimum absolute atomic E-state index is 0.171. The lowest BCUT2D eigenvalue weighted by Gasteiger charge is -2.05. The number of hydrogen-bond acceptors (Lipinski definition) is 4. The zero-order valence-corrected chi connectivity index (χ0v) is 12.8. The molecule has 0 amide bonds. The van der Waals surface area contributed by atoms with Crippen molar-refractivity contribution in [3.05, 3.63) is 42.0 Å². The fourth-order valence-corrected chi connectivity index (χ4v) is 2.43. The van der Waals surface area contributed by atoms with Crippen LogP contribution >= 0.6 is 0 Å². The third-order valence-corrected chi connectivity index (χ3v) is 3.46. The minimum Gasteiger partial charge on any atom is -0.506 e. The topological polar surface area (TPSA) is 60.2 Å². The Morgan fingerprint density at radius 1 is 1.05 bits per heavy atom. The highest BCUT2D eigenvalue weighted by Gasteiger charge is 2.10. The van der Waals surface area contributed by atoms with Crippen molar-refractivity contribution in [1.29, 1.82) is 0 Å². The largest absolute Gasteiger partial charge is 0.506 e. The smallest absolute Gasteiger partial charge is 0.143 e. The van der Waals surface area contributed by atoms with E-state index in [1.54, 1.807) is 6.07 Å². The molecule has 2 aromatic carbocycles. The molecular formula is C17H19N3O2. The SMILES string of the molecule is CCCc1ccc(O)c(-n2nc3ccc(OCC)cc3n2)c1. The Morgan fingerprint density at radius 3 is 2.64 bits per heavy atom. The molecule has 1 N–H and O–H groups in total. The molecule has 0 radical (unpaired) electrons. The molecule has 0 saturated carbocycles. The molecule has 5 nitrogen and oxygen atoms in total. The van der Waals surface area contributed by atoms with Gasteiger partial charge in [-0.3, -0.25) is 0 Å². The molecule has 0 aliphatic heterocycles. The van der Waals surface area contributed by atoms with Crippen LogP contribution in [-0.4, -0.2) is 26.7 Å². The van der Waals surface area contributed by atoms with Crippen LogP contribution < -0.4 is 4.74 Å². The predicted molar refractivity (Wildman–Crippen MR) is 85.7 cm³/mol. The van der Waals surface area contributed by atoms with Gasteiger partial charge in [-0.1, -0.05) is 19.4 Å². The van der Waals surface area contributed by atoms with E-state index in [1.165, 1.54) is 4.80 Å². The van der Waals surface area contributed by atoms with Crippen LogP contribution in [0.5, 0.6) is 11.5 Å². The van der Waals surface area contributed by atoms with Crippen molar-refractivity contribution in [2.24, 2.45) is 0 Å². The molecule has 0 saturated heterocycles. The molecule has 0 fully saturated rings. The molecule has 0 aliphatic rings. The molecule has 5 heteroatoms. The van der Waals surface area contributed by atoms with Crippen molar-refractivity contribution in [3.63, 3.8) is 0 Å². The Balaban J connectivity index is 2.04. The molecule has 3 rings (SSSR count). The summed E-state index contributed by atoms with van der Waals surface area (Å²) in [6.45, 7) is 4.68. The second kappa shape index (κ2) is 6.05. The summed E-state index contributed by atoms with van der Waals surface area (Å²) in [6, 6.07) is 11.2. The van der Waals surface area contributed by atoms with Gasteiger partial charge in [0.1, 0.15) is 28.2 Å². The van der Waals surface area contributed by atoms with Crippen LogP contribution in [0.4, 0.5) is 0 Å². The highest BCUT2D eigenvalue weighted by Crippen LogP contribution is 2.25. The maximum atomic E-state index is 10.1. The van der Waals surface area contributed by atoms with E-state index in [9.17, 15) is 5.11 Å². The van der Waals surface area contributed by atoms with Crippen LogP contribution in [-0.2, 0) is 6.42 Å². The first kappa shape index (κ1) is 14.4. The van der Waals surface area contributed by atoms with Crippen molar-refractivity contribution in [3.8, 4) is 17.2 Å². The Kier molecular flexibility index (Phi) is 3.96. The summed E-state index contributed by atoms with van der Waals surface area (Å²) in [5.41, 5.74) is 3.27. The van der Waals surface area contributed by atoms with Gasteiger partial charge in [0.15, 0.2) is 0 Å². The fourth-order valence-electron chi connectivity index (χ4n) is 2.43. The molecule has 1 aromatic heterocycles. The molecule has 1 heterocycles. The lowest BCUT2D eigenvalue weighted by Crippen LogP contribution is -2.00. The van der Waals surface area contributed by atoms with Crippen molar-refractivity contribution in [2.75, 3.05) is 6.61 Å². The van der Waals surface area contributed by atoms with E-state index in [0.29, 0.717) is 12.3 Å². The number of aromatic hydroxyl groups is 1. The highest BCUT2D eigenvalue weighted by molar-refractivity contribution is 5.75. The average Bonchev–Trinajstić information content (AvgIpc) is 2.93. The van der Waals surface area contributed by atoms with E-state index in [2.05, 4.69) is 17.1 Å². The van der Waals surface area contributed by atoms with Crippen molar-refractivity contribution in [1.82, 2.24) is 15.0 Å². The van der Waals surface area contributed by atoms with Crippen molar-refractivity contribution >= 4 is 11.0 Å². The van der Waals surface area contributed by atoms with E-state index in [1.807, 2.05) is 37.3 Å². The lowest BCUT2D eigenvalue weighted by molar-refractivity contribution is 0.340. The van der Waals surface area contributed by atoms with Gasteiger partial charge in [0.05, 0.1) is 6.61 Å². The minimum atomic E-state index is 0.171. The van der Waals surface area contributed by atoms with Crippen molar-refractivity contribution in [2.45, 2.75) is 26.7 Å².